The first-order valence-electron chi connectivity index (χ1n) is 11.3. The van der Waals surface area contributed by atoms with Gasteiger partial charge in [-0.1, -0.05) is 17.7 Å². The molecule has 1 fully saturated rings. The fourth-order valence-corrected chi connectivity index (χ4v) is 4.73. The van der Waals surface area contributed by atoms with Gasteiger partial charge in [0.2, 0.25) is 11.9 Å². The van der Waals surface area contributed by atoms with E-state index in [1.54, 1.807) is 23.1 Å². The molecule has 4 rings (SSSR count). The van der Waals surface area contributed by atoms with Crippen LogP contribution in [0.4, 0.5) is 31.9 Å². The van der Waals surface area contributed by atoms with Crippen molar-refractivity contribution < 1.29 is 22.0 Å². The van der Waals surface area contributed by atoms with Gasteiger partial charge in [0.15, 0.2) is 9.84 Å². The largest absolute Gasteiger partial charge is 0.368 e. The summed E-state index contributed by atoms with van der Waals surface area (Å²) in [5.74, 6) is -1.15. The number of carbonyl (C=O) groups is 1. The summed E-state index contributed by atoms with van der Waals surface area (Å²) in [6.45, 7) is 3.73. The number of rotatable bonds is 7. The van der Waals surface area contributed by atoms with Crippen molar-refractivity contribution in [3.05, 3.63) is 64.8 Å². The van der Waals surface area contributed by atoms with E-state index >= 15 is 0 Å². The van der Waals surface area contributed by atoms with E-state index in [4.69, 9.17) is 11.6 Å². The number of carbonyl (C=O) groups excluding carboxylic acids is 1. The average molecular weight is 551 g/mol. The Balaban J connectivity index is 1.53. The number of halogens is 3. The second-order valence-electron chi connectivity index (χ2n) is 8.56. The summed E-state index contributed by atoms with van der Waals surface area (Å²) in [4.78, 5) is 24.1. The van der Waals surface area contributed by atoms with Crippen molar-refractivity contribution in [1.82, 2.24) is 14.9 Å². The van der Waals surface area contributed by atoms with E-state index in [2.05, 4.69) is 20.6 Å². The molecular formula is C24H25ClF2N6O3S. The summed E-state index contributed by atoms with van der Waals surface area (Å²) >= 11 is 5.64. The summed E-state index contributed by atoms with van der Waals surface area (Å²) in [7, 11) is -3.52. The van der Waals surface area contributed by atoms with Gasteiger partial charge in [-0.15, -0.1) is 0 Å². The van der Waals surface area contributed by atoms with Gasteiger partial charge in [0, 0.05) is 69.0 Å². The smallest absolute Gasteiger partial charge is 0.229 e. The van der Waals surface area contributed by atoms with Crippen molar-refractivity contribution >= 4 is 50.5 Å². The lowest BCUT2D eigenvalue weighted by molar-refractivity contribution is -0.129. The molecule has 0 atom stereocenters. The number of nitrogens with one attached hydrogen (secondary N) is 2. The van der Waals surface area contributed by atoms with E-state index < -0.39 is 26.5 Å². The van der Waals surface area contributed by atoms with Crippen molar-refractivity contribution in [2.24, 2.45) is 0 Å². The topological polar surface area (TPSA) is 108 Å². The summed E-state index contributed by atoms with van der Waals surface area (Å²) in [6, 6.07) is 8.83. The Labute approximate surface area is 218 Å². The van der Waals surface area contributed by atoms with Gasteiger partial charge in [0.1, 0.15) is 22.5 Å². The molecule has 2 N–H and O–H groups in total. The summed E-state index contributed by atoms with van der Waals surface area (Å²) in [5, 5.41) is 5.39. The predicted octanol–water partition coefficient (Wildman–Crippen LogP) is 3.84. The van der Waals surface area contributed by atoms with E-state index in [0.29, 0.717) is 43.4 Å². The Morgan fingerprint density at radius 2 is 1.84 bits per heavy atom. The molecule has 0 unspecified atom stereocenters. The third-order valence-electron chi connectivity index (χ3n) is 5.90. The normalized spacial score (nSPS) is 14.0. The Morgan fingerprint density at radius 3 is 2.51 bits per heavy atom. The van der Waals surface area contributed by atoms with E-state index in [0.717, 1.165) is 12.3 Å². The van der Waals surface area contributed by atoms with Gasteiger partial charge >= 0.3 is 0 Å². The molecule has 196 valence electrons. The van der Waals surface area contributed by atoms with Crippen molar-refractivity contribution in [1.29, 1.82) is 0 Å². The molecule has 2 aromatic carbocycles. The lowest BCUT2D eigenvalue weighted by Gasteiger charge is -2.36. The van der Waals surface area contributed by atoms with Crippen molar-refractivity contribution in [3.8, 4) is 0 Å². The number of piperazine rings is 1. The van der Waals surface area contributed by atoms with Crippen LogP contribution in [0.3, 0.4) is 0 Å². The van der Waals surface area contributed by atoms with E-state index in [9.17, 15) is 22.0 Å². The number of aromatic nitrogens is 2. The highest BCUT2D eigenvalue weighted by Crippen LogP contribution is 2.28. The quantitative estimate of drug-likeness (QED) is 0.427. The van der Waals surface area contributed by atoms with Gasteiger partial charge in [-0.25, -0.2) is 22.2 Å². The zero-order chi connectivity index (χ0) is 26.7. The van der Waals surface area contributed by atoms with Crippen LogP contribution in [0.1, 0.15) is 12.5 Å². The molecule has 0 bridgehead atoms. The Hall–Kier alpha value is -3.51. The molecule has 37 heavy (non-hydrogen) atoms. The van der Waals surface area contributed by atoms with E-state index in [1.807, 2.05) is 4.90 Å². The van der Waals surface area contributed by atoms with Crippen molar-refractivity contribution in [2.45, 2.75) is 18.4 Å². The monoisotopic (exact) mass is 550 g/mol. The summed E-state index contributed by atoms with van der Waals surface area (Å²) in [5.41, 5.74) is 1.31. The van der Waals surface area contributed by atoms with Gasteiger partial charge in [0.25, 0.3) is 0 Å². The van der Waals surface area contributed by atoms with Crippen LogP contribution >= 0.6 is 11.6 Å². The maximum atomic E-state index is 14.2. The second-order valence-corrected chi connectivity index (χ2v) is 11.0. The molecule has 3 aromatic rings. The zero-order valence-corrected chi connectivity index (χ0v) is 21.7. The van der Waals surface area contributed by atoms with Crippen LogP contribution in [-0.4, -0.2) is 61.6 Å². The Bertz CT molecular complexity index is 1430. The summed E-state index contributed by atoms with van der Waals surface area (Å²) in [6.07, 6.45) is 2.61. The lowest BCUT2D eigenvalue weighted by Crippen LogP contribution is -2.48. The third-order valence-corrected chi connectivity index (χ3v) is 7.33. The fraction of sp³-hybridized carbons (Fsp3) is 0.292. The van der Waals surface area contributed by atoms with Crippen LogP contribution in [0.5, 0.6) is 0 Å². The third kappa shape index (κ3) is 6.44. The van der Waals surface area contributed by atoms with Crippen LogP contribution in [0.15, 0.2) is 47.5 Å². The minimum atomic E-state index is -3.52. The number of hydrogen-bond donors (Lipinski definition) is 2. The minimum absolute atomic E-state index is 0.00222. The van der Waals surface area contributed by atoms with Crippen molar-refractivity contribution in [3.63, 3.8) is 0 Å². The van der Waals surface area contributed by atoms with Gasteiger partial charge in [-0.05, 0) is 30.3 Å². The minimum Gasteiger partial charge on any atom is -0.368 e. The lowest BCUT2D eigenvalue weighted by atomic mass is 10.2. The van der Waals surface area contributed by atoms with E-state index in [-0.39, 0.29) is 28.9 Å². The highest BCUT2D eigenvalue weighted by molar-refractivity contribution is 7.90. The molecule has 2 heterocycles. The molecule has 0 radical (unpaired) electrons. The number of amides is 1. The highest BCUT2D eigenvalue weighted by atomic mass is 35.5. The fourth-order valence-electron chi connectivity index (χ4n) is 3.87. The average Bonchev–Trinajstić information content (AvgIpc) is 2.86. The molecule has 1 amide bonds. The molecular weight excluding hydrogens is 526 g/mol. The molecule has 1 aliphatic heterocycles. The summed E-state index contributed by atoms with van der Waals surface area (Å²) < 4.78 is 52.3. The molecule has 1 aromatic heterocycles. The molecule has 13 heteroatoms. The first-order chi connectivity index (χ1) is 17.5. The van der Waals surface area contributed by atoms with Gasteiger partial charge in [-0.2, -0.15) is 4.98 Å². The number of benzene rings is 2. The second kappa shape index (κ2) is 10.9. The van der Waals surface area contributed by atoms with Crippen LogP contribution in [0.2, 0.25) is 5.02 Å². The Morgan fingerprint density at radius 1 is 1.11 bits per heavy atom. The van der Waals surface area contributed by atoms with E-state index in [1.165, 1.54) is 25.3 Å². The number of hydrogen-bond acceptors (Lipinski definition) is 8. The maximum Gasteiger partial charge on any atom is 0.229 e. The zero-order valence-electron chi connectivity index (χ0n) is 20.1. The molecule has 0 aliphatic carbocycles. The maximum absolute atomic E-state index is 14.2. The first kappa shape index (κ1) is 26.6. The molecule has 0 spiro atoms. The van der Waals surface area contributed by atoms with Gasteiger partial charge in [0.05, 0.1) is 4.90 Å². The van der Waals surface area contributed by atoms with Crippen LogP contribution < -0.4 is 15.5 Å². The molecule has 9 nitrogen and oxygen atoms in total. The standard InChI is InChI=1S/C24H25ClF2N6O3S/c1-15(34)32-7-9-33(10-8-32)18-11-17(12-19(13-18)37(2,35)36)30-24-28-6-5-21(31-24)29-14-16-3-4-20(26)22(25)23(16)27/h3-6,11-13H,7-10,14H2,1-2H3,(H2,28,29,30,31). The highest BCUT2D eigenvalue weighted by Gasteiger charge is 2.21. The predicted molar refractivity (Wildman–Crippen MR) is 138 cm³/mol. The number of anilines is 4. The first-order valence-corrected chi connectivity index (χ1v) is 13.6. The van der Waals surface area contributed by atoms with Gasteiger partial charge < -0.3 is 20.4 Å². The molecule has 0 saturated carbocycles. The van der Waals surface area contributed by atoms with Crippen LogP contribution in [-0.2, 0) is 21.2 Å². The molecule has 1 aliphatic rings. The Kier molecular flexibility index (Phi) is 7.79. The van der Waals surface area contributed by atoms with Crippen LogP contribution in [0.25, 0.3) is 0 Å². The SMILES string of the molecule is CC(=O)N1CCN(c2cc(Nc3nccc(NCc4ccc(F)c(Cl)c4F)n3)cc(S(C)(=O)=O)c2)CC1. The number of sulfone groups is 1. The van der Waals surface area contributed by atoms with Crippen LogP contribution in [0, 0.1) is 11.6 Å². The molecule has 1 saturated heterocycles. The van der Waals surface area contributed by atoms with Crippen molar-refractivity contribution in [2.75, 3.05) is 48.0 Å². The number of nitrogens with zero attached hydrogens (tertiary/aromatic N) is 4. The van der Waals surface area contributed by atoms with Gasteiger partial charge in [-0.3, -0.25) is 4.79 Å².